The number of nitrogens with zero attached hydrogens (tertiary/aromatic N) is 5. The largest absolute Gasteiger partial charge is 0.450 e. The summed E-state index contributed by atoms with van der Waals surface area (Å²) in [5, 5.41) is 6.70. The Balaban J connectivity index is 1.47. The average Bonchev–Trinajstić information content (AvgIpc) is 2.75. The van der Waals surface area contributed by atoms with E-state index in [-0.39, 0.29) is 12.1 Å². The first-order valence-corrected chi connectivity index (χ1v) is 10.1. The van der Waals surface area contributed by atoms with Crippen LogP contribution < -0.4 is 10.6 Å². The Kier molecular flexibility index (Phi) is 5.87. The number of aromatic nitrogens is 4. The number of benzene rings is 1. The molecule has 1 aromatic carbocycles. The molecule has 0 bridgehead atoms. The van der Waals surface area contributed by atoms with Crippen LogP contribution in [0.4, 0.5) is 22.2 Å². The highest BCUT2D eigenvalue weighted by atomic mass is 16.6. The first-order chi connectivity index (χ1) is 14.6. The summed E-state index contributed by atoms with van der Waals surface area (Å²) in [6.07, 6.45) is 4.56. The molecule has 0 saturated carbocycles. The topological polar surface area (TPSA) is 105 Å². The molecule has 1 fully saturated rings. The summed E-state index contributed by atoms with van der Waals surface area (Å²) in [6, 6.07) is 8.25. The zero-order chi connectivity index (χ0) is 20.9. The minimum atomic E-state index is -0.248. The molecule has 0 unspecified atom stereocenters. The van der Waals surface area contributed by atoms with Gasteiger partial charge in [0, 0.05) is 24.8 Å². The number of hydrogen-bond donors (Lipinski definition) is 2. The van der Waals surface area contributed by atoms with Crippen molar-refractivity contribution in [3.05, 3.63) is 42.4 Å². The van der Waals surface area contributed by atoms with Gasteiger partial charge in [-0.2, -0.15) is 0 Å². The quantitative estimate of drug-likeness (QED) is 0.662. The summed E-state index contributed by atoms with van der Waals surface area (Å²) in [7, 11) is 0. The first-order valence-electron chi connectivity index (χ1n) is 10.1. The summed E-state index contributed by atoms with van der Waals surface area (Å²) in [5.41, 5.74) is 3.42. The second-order valence-corrected chi connectivity index (χ2v) is 7.25. The molecule has 1 aliphatic heterocycles. The van der Waals surface area contributed by atoms with Gasteiger partial charge in [-0.05, 0) is 44.4 Å². The van der Waals surface area contributed by atoms with Crippen molar-refractivity contribution >= 4 is 34.6 Å². The number of ether oxygens (including phenoxy) is 1. The molecule has 1 aliphatic rings. The van der Waals surface area contributed by atoms with Gasteiger partial charge in [0.1, 0.15) is 17.4 Å². The van der Waals surface area contributed by atoms with Crippen molar-refractivity contribution in [1.82, 2.24) is 24.8 Å². The molecule has 30 heavy (non-hydrogen) atoms. The van der Waals surface area contributed by atoms with Crippen LogP contribution in [0.2, 0.25) is 0 Å². The Morgan fingerprint density at radius 3 is 2.83 bits per heavy atom. The van der Waals surface area contributed by atoms with E-state index in [1.54, 1.807) is 11.1 Å². The molecule has 9 nitrogen and oxygen atoms in total. The van der Waals surface area contributed by atoms with E-state index in [0.717, 1.165) is 24.1 Å². The van der Waals surface area contributed by atoms with Crippen LogP contribution in [0.1, 0.15) is 25.3 Å². The molecule has 3 heterocycles. The minimum Gasteiger partial charge on any atom is -0.450 e. The number of nitrogens with one attached hydrogen (secondary N) is 2. The smallest absolute Gasteiger partial charge is 0.409 e. The Morgan fingerprint density at radius 2 is 2.07 bits per heavy atom. The van der Waals surface area contributed by atoms with Crippen LogP contribution in [0.15, 0.2) is 36.8 Å². The van der Waals surface area contributed by atoms with Crippen molar-refractivity contribution in [3.8, 4) is 0 Å². The van der Waals surface area contributed by atoms with E-state index >= 15 is 0 Å². The molecule has 3 aromatic rings. The van der Waals surface area contributed by atoms with Gasteiger partial charge in [-0.25, -0.2) is 24.7 Å². The number of fused-ring (bicyclic) bond motifs is 1. The number of carbonyl (C=O) groups is 1. The molecule has 0 atom stereocenters. The van der Waals surface area contributed by atoms with Gasteiger partial charge in [0.05, 0.1) is 12.8 Å². The lowest BCUT2D eigenvalue weighted by Crippen LogP contribution is -2.42. The zero-order valence-corrected chi connectivity index (χ0v) is 17.1. The van der Waals surface area contributed by atoms with Gasteiger partial charge in [0.15, 0.2) is 5.82 Å². The molecule has 1 amide bonds. The first kappa shape index (κ1) is 19.8. The van der Waals surface area contributed by atoms with E-state index in [9.17, 15) is 4.79 Å². The van der Waals surface area contributed by atoms with E-state index in [1.807, 2.05) is 38.1 Å². The van der Waals surface area contributed by atoms with Crippen LogP contribution >= 0.6 is 0 Å². The van der Waals surface area contributed by atoms with Gasteiger partial charge in [0.2, 0.25) is 5.95 Å². The molecule has 4 rings (SSSR count). The van der Waals surface area contributed by atoms with Gasteiger partial charge >= 0.3 is 6.09 Å². The highest BCUT2D eigenvalue weighted by Crippen LogP contribution is 2.23. The average molecular weight is 407 g/mol. The molecule has 0 radical (unpaired) electrons. The molecule has 0 aliphatic carbocycles. The Labute approximate surface area is 174 Å². The Bertz CT molecular complexity index is 1030. The maximum absolute atomic E-state index is 11.9. The maximum Gasteiger partial charge on any atom is 0.409 e. The summed E-state index contributed by atoms with van der Waals surface area (Å²) in [4.78, 5) is 31.3. The normalized spacial score (nSPS) is 14.5. The molecular formula is C21H25N7O2. The van der Waals surface area contributed by atoms with Gasteiger partial charge < -0.3 is 20.3 Å². The maximum atomic E-state index is 11.9. The SMILES string of the molecule is CCOC(=O)N1CCC(Nc2ncc3ncnc(Nc4cccc(C)c4)c3n2)CC1. The number of carbonyl (C=O) groups excluding carboxylic acids is 1. The lowest BCUT2D eigenvalue weighted by atomic mass is 10.1. The monoisotopic (exact) mass is 407 g/mol. The van der Waals surface area contributed by atoms with E-state index < -0.39 is 0 Å². The van der Waals surface area contributed by atoms with Crippen molar-refractivity contribution in [1.29, 1.82) is 0 Å². The lowest BCUT2D eigenvalue weighted by Gasteiger charge is -2.31. The number of hydrogen-bond acceptors (Lipinski definition) is 8. The summed E-state index contributed by atoms with van der Waals surface area (Å²) >= 11 is 0. The van der Waals surface area contributed by atoms with Crippen molar-refractivity contribution in [2.45, 2.75) is 32.7 Å². The number of rotatable bonds is 5. The lowest BCUT2D eigenvalue weighted by molar-refractivity contribution is 0.0983. The molecular weight excluding hydrogens is 382 g/mol. The summed E-state index contributed by atoms with van der Waals surface area (Å²) in [6.45, 7) is 5.54. The second-order valence-electron chi connectivity index (χ2n) is 7.25. The Hall–Kier alpha value is -3.49. The van der Waals surface area contributed by atoms with Crippen LogP contribution in [0.25, 0.3) is 11.0 Å². The third kappa shape index (κ3) is 4.56. The standard InChI is InChI=1S/C21H25N7O2/c1-3-30-21(29)28-9-7-15(8-10-28)26-20-22-12-17-18(27-20)19(24-13-23-17)25-16-6-4-5-14(2)11-16/h4-6,11-13,15H,3,7-10H2,1-2H3,(H,22,26,27)(H,23,24,25). The number of piperidine rings is 1. The third-order valence-corrected chi connectivity index (χ3v) is 5.01. The number of amides is 1. The molecule has 9 heteroatoms. The fourth-order valence-corrected chi connectivity index (χ4v) is 3.48. The summed E-state index contributed by atoms with van der Waals surface area (Å²) < 4.78 is 5.07. The van der Waals surface area contributed by atoms with Crippen LogP contribution in [0.5, 0.6) is 0 Å². The molecule has 2 aromatic heterocycles. The molecule has 0 spiro atoms. The highest BCUT2D eigenvalue weighted by molar-refractivity contribution is 5.87. The van der Waals surface area contributed by atoms with Crippen molar-refractivity contribution in [3.63, 3.8) is 0 Å². The number of aryl methyl sites for hydroxylation is 1. The molecule has 2 N–H and O–H groups in total. The van der Waals surface area contributed by atoms with E-state index in [2.05, 4.69) is 30.6 Å². The minimum absolute atomic E-state index is 0.186. The fraction of sp³-hybridized carbons (Fsp3) is 0.381. The van der Waals surface area contributed by atoms with Crippen molar-refractivity contribution in [2.24, 2.45) is 0 Å². The molecule has 156 valence electrons. The van der Waals surface area contributed by atoms with Crippen LogP contribution in [0.3, 0.4) is 0 Å². The summed E-state index contributed by atoms with van der Waals surface area (Å²) in [5.74, 6) is 1.16. The van der Waals surface area contributed by atoms with Gasteiger partial charge in [0.25, 0.3) is 0 Å². The van der Waals surface area contributed by atoms with Crippen LogP contribution in [-0.2, 0) is 4.74 Å². The third-order valence-electron chi connectivity index (χ3n) is 5.01. The van der Waals surface area contributed by atoms with E-state index in [1.165, 1.54) is 6.33 Å². The highest BCUT2D eigenvalue weighted by Gasteiger charge is 2.24. The second kappa shape index (κ2) is 8.89. The number of likely N-dealkylation sites (tertiary alicyclic amines) is 1. The van der Waals surface area contributed by atoms with Crippen LogP contribution in [-0.4, -0.2) is 56.7 Å². The predicted molar refractivity (Wildman–Crippen MR) is 115 cm³/mol. The van der Waals surface area contributed by atoms with Gasteiger partial charge in [-0.3, -0.25) is 0 Å². The van der Waals surface area contributed by atoms with Gasteiger partial charge in [-0.1, -0.05) is 12.1 Å². The Morgan fingerprint density at radius 1 is 1.23 bits per heavy atom. The van der Waals surface area contributed by atoms with E-state index in [0.29, 0.717) is 42.5 Å². The van der Waals surface area contributed by atoms with Crippen molar-refractivity contribution < 1.29 is 9.53 Å². The van der Waals surface area contributed by atoms with Crippen molar-refractivity contribution in [2.75, 3.05) is 30.3 Å². The predicted octanol–water partition coefficient (Wildman–Crippen LogP) is 3.50. The molecule has 1 saturated heterocycles. The van der Waals surface area contributed by atoms with Gasteiger partial charge in [-0.15, -0.1) is 0 Å². The fourth-order valence-electron chi connectivity index (χ4n) is 3.48. The van der Waals surface area contributed by atoms with E-state index in [4.69, 9.17) is 4.74 Å². The van der Waals surface area contributed by atoms with Crippen LogP contribution in [0, 0.1) is 6.92 Å². The number of anilines is 3. The zero-order valence-electron chi connectivity index (χ0n) is 17.1.